The lowest BCUT2D eigenvalue weighted by Gasteiger charge is -2.24. The van der Waals surface area contributed by atoms with Crippen LogP contribution in [0.3, 0.4) is 0 Å². The highest BCUT2D eigenvalue weighted by Gasteiger charge is 2.53. The average molecular weight is 412 g/mol. The van der Waals surface area contributed by atoms with Gasteiger partial charge in [-0.3, -0.25) is 4.79 Å². The van der Waals surface area contributed by atoms with E-state index in [1.165, 1.54) is 23.1 Å². The van der Waals surface area contributed by atoms with Gasteiger partial charge in [0.05, 0.1) is 17.8 Å². The number of fused-ring (bicyclic) bond motifs is 2. The van der Waals surface area contributed by atoms with Crippen LogP contribution >= 0.6 is 11.6 Å². The highest BCUT2D eigenvalue weighted by Crippen LogP contribution is 2.48. The summed E-state index contributed by atoms with van der Waals surface area (Å²) in [4.78, 5) is 14.8. The molecule has 3 aromatic carbocycles. The average Bonchev–Trinajstić information content (AvgIpc) is 3.27. The fourth-order valence-electron chi connectivity index (χ4n) is 3.83. The maximum atomic E-state index is 14.9. The molecule has 1 unspecified atom stereocenters. The van der Waals surface area contributed by atoms with E-state index >= 15 is 0 Å². The molecule has 3 aromatic rings. The predicted molar refractivity (Wildman–Crippen MR) is 105 cm³/mol. The molecule has 0 bridgehead atoms. The van der Waals surface area contributed by atoms with E-state index in [1.54, 1.807) is 42.5 Å². The van der Waals surface area contributed by atoms with Gasteiger partial charge in [0.15, 0.2) is 17.1 Å². The van der Waals surface area contributed by atoms with Gasteiger partial charge in [-0.1, -0.05) is 35.9 Å². The Morgan fingerprint density at radius 2 is 1.83 bits per heavy atom. The molecule has 0 spiro atoms. The maximum Gasteiger partial charge on any atom is 0.268 e. The van der Waals surface area contributed by atoms with Crippen molar-refractivity contribution in [2.24, 2.45) is 0 Å². The van der Waals surface area contributed by atoms with Gasteiger partial charge in [0.2, 0.25) is 6.79 Å². The topological polar surface area (TPSA) is 59.0 Å². The molecule has 0 fully saturated rings. The van der Waals surface area contributed by atoms with Gasteiger partial charge in [-0.15, -0.1) is 0 Å². The molecular weight excluding hydrogens is 397 g/mol. The summed E-state index contributed by atoms with van der Waals surface area (Å²) in [5.41, 5.74) is -0.902. The molecule has 2 aliphatic rings. The molecule has 1 atom stereocenters. The summed E-state index contributed by atoms with van der Waals surface area (Å²) in [6, 6.07) is 16.0. The van der Waals surface area contributed by atoms with Crippen molar-refractivity contribution in [1.29, 1.82) is 0 Å². The first-order valence-corrected chi connectivity index (χ1v) is 9.34. The summed E-state index contributed by atoms with van der Waals surface area (Å²) in [6.45, 7) is 0.220. The van der Waals surface area contributed by atoms with Crippen molar-refractivity contribution >= 4 is 23.2 Å². The summed E-state index contributed by atoms with van der Waals surface area (Å²) in [5.74, 6) is -0.381. The Morgan fingerprint density at radius 1 is 1.07 bits per heavy atom. The second kappa shape index (κ2) is 6.47. The van der Waals surface area contributed by atoms with Gasteiger partial charge in [-0.05, 0) is 42.0 Å². The number of benzene rings is 3. The lowest BCUT2D eigenvalue weighted by Crippen LogP contribution is -2.41. The largest absolute Gasteiger partial charge is 0.454 e. The van der Waals surface area contributed by atoms with Crippen molar-refractivity contribution < 1.29 is 23.8 Å². The van der Waals surface area contributed by atoms with E-state index in [9.17, 15) is 14.3 Å². The van der Waals surface area contributed by atoms with Crippen molar-refractivity contribution in [2.45, 2.75) is 12.1 Å². The number of amides is 1. The van der Waals surface area contributed by atoms with Gasteiger partial charge in [0.1, 0.15) is 5.82 Å². The van der Waals surface area contributed by atoms with Crippen LogP contribution in [-0.4, -0.2) is 17.8 Å². The zero-order valence-electron chi connectivity index (χ0n) is 15.1. The molecule has 0 saturated heterocycles. The molecule has 2 aliphatic heterocycles. The molecule has 5 rings (SSSR count). The highest BCUT2D eigenvalue weighted by molar-refractivity contribution is 6.30. The van der Waals surface area contributed by atoms with Crippen molar-refractivity contribution in [3.63, 3.8) is 0 Å². The maximum absolute atomic E-state index is 14.9. The number of hydrogen-bond acceptors (Lipinski definition) is 4. The van der Waals surface area contributed by atoms with Crippen LogP contribution in [0.15, 0.2) is 60.7 Å². The first kappa shape index (κ1) is 18.0. The number of carbonyl (C=O) groups excluding carboxylic acids is 1. The van der Waals surface area contributed by atoms with Crippen LogP contribution in [0, 0.1) is 5.82 Å². The zero-order valence-corrected chi connectivity index (χ0v) is 15.8. The first-order valence-electron chi connectivity index (χ1n) is 8.96. The standard InChI is InChI=1S/C22H15ClFNO4/c23-15-7-4-13(5-8-15)11-25-17-3-1-2-16(24)20(17)22(27,21(25)26)14-6-9-18-19(10-14)29-12-28-18/h1-10,27H,11-12H2. The Bertz CT molecular complexity index is 1130. The Morgan fingerprint density at radius 3 is 2.62 bits per heavy atom. The third-order valence-corrected chi connectivity index (χ3v) is 5.50. The van der Waals surface area contributed by atoms with E-state index in [2.05, 4.69) is 0 Å². The van der Waals surface area contributed by atoms with Crippen LogP contribution in [0.5, 0.6) is 11.5 Å². The minimum absolute atomic E-state index is 0.0544. The van der Waals surface area contributed by atoms with E-state index in [-0.39, 0.29) is 24.5 Å². The van der Waals surface area contributed by atoms with Crippen molar-refractivity contribution in [3.05, 3.63) is 88.2 Å². The lowest BCUT2D eigenvalue weighted by molar-refractivity contribution is -0.132. The molecule has 1 N–H and O–H groups in total. The number of hydrogen-bond donors (Lipinski definition) is 1. The minimum Gasteiger partial charge on any atom is -0.454 e. The van der Waals surface area contributed by atoms with Gasteiger partial charge < -0.3 is 19.5 Å². The number of rotatable bonds is 3. The van der Waals surface area contributed by atoms with E-state index in [4.69, 9.17) is 21.1 Å². The Hall–Kier alpha value is -3.09. The number of ether oxygens (including phenoxy) is 2. The third-order valence-electron chi connectivity index (χ3n) is 5.24. The number of carbonyl (C=O) groups is 1. The van der Waals surface area contributed by atoms with Gasteiger partial charge >= 0.3 is 0 Å². The number of nitrogens with zero attached hydrogens (tertiary/aromatic N) is 1. The Kier molecular flexibility index (Phi) is 4.01. The zero-order chi connectivity index (χ0) is 20.2. The second-order valence-electron chi connectivity index (χ2n) is 6.93. The van der Waals surface area contributed by atoms with E-state index < -0.39 is 17.3 Å². The molecule has 29 heavy (non-hydrogen) atoms. The molecule has 146 valence electrons. The predicted octanol–water partition coefficient (Wildman–Crippen LogP) is 3.99. The summed E-state index contributed by atoms with van der Waals surface area (Å²) < 4.78 is 25.5. The molecule has 5 nitrogen and oxygen atoms in total. The van der Waals surface area contributed by atoms with Crippen LogP contribution < -0.4 is 14.4 Å². The fourth-order valence-corrected chi connectivity index (χ4v) is 3.95. The fraction of sp³-hybridized carbons (Fsp3) is 0.136. The van der Waals surface area contributed by atoms with Crippen molar-refractivity contribution in [1.82, 2.24) is 0 Å². The number of anilines is 1. The molecule has 0 saturated carbocycles. The quantitative estimate of drug-likeness (QED) is 0.708. The number of halogens is 2. The van der Waals surface area contributed by atoms with Gasteiger partial charge in [0, 0.05) is 10.6 Å². The monoisotopic (exact) mass is 411 g/mol. The smallest absolute Gasteiger partial charge is 0.268 e. The van der Waals surface area contributed by atoms with Gasteiger partial charge in [0.25, 0.3) is 5.91 Å². The van der Waals surface area contributed by atoms with E-state index in [0.717, 1.165) is 5.56 Å². The van der Waals surface area contributed by atoms with Crippen LogP contribution in [0.2, 0.25) is 5.02 Å². The summed E-state index contributed by atoms with van der Waals surface area (Å²) in [5, 5.41) is 12.1. The Labute approximate surface area is 170 Å². The van der Waals surface area contributed by atoms with Gasteiger partial charge in [-0.2, -0.15) is 0 Å². The number of aliphatic hydroxyl groups is 1. The molecule has 0 radical (unpaired) electrons. The molecule has 1 amide bonds. The van der Waals surface area contributed by atoms with Gasteiger partial charge in [-0.25, -0.2) is 4.39 Å². The first-order chi connectivity index (χ1) is 14.0. The van der Waals surface area contributed by atoms with Crippen LogP contribution in [0.4, 0.5) is 10.1 Å². The highest BCUT2D eigenvalue weighted by atomic mass is 35.5. The molecule has 7 heteroatoms. The molecule has 2 heterocycles. The SMILES string of the molecule is O=C1N(Cc2ccc(Cl)cc2)c2cccc(F)c2C1(O)c1ccc2c(c1)OCO2. The van der Waals surface area contributed by atoms with Crippen molar-refractivity contribution in [2.75, 3.05) is 11.7 Å². The lowest BCUT2D eigenvalue weighted by atomic mass is 9.87. The normalized spacial score (nSPS) is 19.6. The van der Waals surface area contributed by atoms with Crippen molar-refractivity contribution in [3.8, 4) is 11.5 Å². The summed E-state index contributed by atoms with van der Waals surface area (Å²) in [7, 11) is 0. The second-order valence-corrected chi connectivity index (χ2v) is 7.37. The minimum atomic E-state index is -2.17. The Balaban J connectivity index is 1.63. The third kappa shape index (κ3) is 2.68. The molecular formula is C22H15ClFNO4. The van der Waals surface area contributed by atoms with Crippen LogP contribution in [0.25, 0.3) is 0 Å². The van der Waals surface area contributed by atoms with E-state index in [1.807, 2.05) is 0 Å². The summed E-state index contributed by atoms with van der Waals surface area (Å²) in [6.07, 6.45) is 0. The molecule has 0 aliphatic carbocycles. The van der Waals surface area contributed by atoms with E-state index in [0.29, 0.717) is 22.2 Å². The molecule has 0 aromatic heterocycles. The van der Waals surface area contributed by atoms with Crippen LogP contribution in [-0.2, 0) is 16.9 Å². The van der Waals surface area contributed by atoms with Crippen LogP contribution in [0.1, 0.15) is 16.7 Å². The summed E-state index contributed by atoms with van der Waals surface area (Å²) >= 11 is 5.94.